The molecule has 2 nitrogen and oxygen atoms in total. The molecule has 0 aromatic heterocycles. The fourth-order valence-electron chi connectivity index (χ4n) is 2.77. The molecule has 90 valence electrons. The quantitative estimate of drug-likeness (QED) is 0.670. The Morgan fingerprint density at radius 1 is 1.07 bits per heavy atom. The minimum absolute atomic E-state index is 0.175. The lowest BCUT2D eigenvalue weighted by Crippen LogP contribution is -2.47. The molecule has 0 aliphatic carbocycles. The summed E-state index contributed by atoms with van der Waals surface area (Å²) < 4.78 is 11.9. The Kier molecular flexibility index (Phi) is 4.60. The lowest BCUT2D eigenvalue weighted by molar-refractivity contribution is -0.241. The second-order valence-electron chi connectivity index (χ2n) is 4.86. The van der Waals surface area contributed by atoms with E-state index in [2.05, 4.69) is 27.7 Å². The summed E-state index contributed by atoms with van der Waals surface area (Å²) in [6.45, 7) is 10.5. The maximum atomic E-state index is 5.97. The molecule has 0 aromatic rings. The zero-order chi connectivity index (χ0) is 11.4. The maximum Gasteiger partial charge on any atom is 0.173 e. The lowest BCUT2D eigenvalue weighted by Gasteiger charge is -2.44. The number of hydrogen-bond acceptors (Lipinski definition) is 2. The van der Waals surface area contributed by atoms with Crippen LogP contribution in [-0.4, -0.2) is 19.0 Å². The van der Waals surface area contributed by atoms with E-state index in [9.17, 15) is 0 Å². The third kappa shape index (κ3) is 2.36. The molecule has 1 saturated heterocycles. The van der Waals surface area contributed by atoms with Crippen LogP contribution in [0, 0.1) is 5.41 Å². The molecule has 1 aliphatic heterocycles. The van der Waals surface area contributed by atoms with Crippen LogP contribution in [0.1, 0.15) is 59.8 Å². The molecule has 2 heteroatoms. The monoisotopic (exact) mass is 214 g/mol. The molecule has 1 heterocycles. The highest BCUT2D eigenvalue weighted by molar-refractivity contribution is 4.91. The molecule has 0 amide bonds. The van der Waals surface area contributed by atoms with Gasteiger partial charge in [-0.15, -0.1) is 0 Å². The molecule has 1 atom stereocenters. The van der Waals surface area contributed by atoms with Crippen LogP contribution in [0.4, 0.5) is 0 Å². The van der Waals surface area contributed by atoms with E-state index >= 15 is 0 Å². The Balaban J connectivity index is 2.84. The van der Waals surface area contributed by atoms with E-state index in [1.165, 1.54) is 12.8 Å². The molecule has 0 aromatic carbocycles. The van der Waals surface area contributed by atoms with Gasteiger partial charge in [-0.2, -0.15) is 0 Å². The van der Waals surface area contributed by atoms with E-state index in [1.807, 2.05) is 0 Å². The number of ether oxygens (including phenoxy) is 2. The summed E-state index contributed by atoms with van der Waals surface area (Å²) in [5.74, 6) is -0.299. The Bertz CT molecular complexity index is 185. The Morgan fingerprint density at radius 3 is 2.07 bits per heavy atom. The molecular formula is C13H26O2. The van der Waals surface area contributed by atoms with Crippen LogP contribution < -0.4 is 0 Å². The smallest absolute Gasteiger partial charge is 0.173 e. The van der Waals surface area contributed by atoms with Gasteiger partial charge in [-0.3, -0.25) is 0 Å². The van der Waals surface area contributed by atoms with E-state index < -0.39 is 0 Å². The summed E-state index contributed by atoms with van der Waals surface area (Å²) >= 11 is 0. The standard InChI is InChI=1S/C13H26O2/c1-5-8-12(4,7-3)13(9-6-2)14-10-11-15-13/h5-11H2,1-4H3. The van der Waals surface area contributed by atoms with Crippen molar-refractivity contribution in [2.24, 2.45) is 5.41 Å². The minimum Gasteiger partial charge on any atom is -0.347 e. The normalized spacial score (nSPS) is 24.0. The molecule has 15 heavy (non-hydrogen) atoms. The van der Waals surface area contributed by atoms with Gasteiger partial charge in [0.25, 0.3) is 0 Å². The predicted octanol–water partition coefficient (Wildman–Crippen LogP) is 3.75. The molecule has 0 radical (unpaired) electrons. The van der Waals surface area contributed by atoms with Crippen molar-refractivity contribution in [2.75, 3.05) is 13.2 Å². The first kappa shape index (κ1) is 13.0. The summed E-state index contributed by atoms with van der Waals surface area (Å²) in [5.41, 5.74) is 0.175. The Morgan fingerprint density at radius 2 is 1.67 bits per heavy atom. The van der Waals surface area contributed by atoms with Crippen LogP contribution in [0.5, 0.6) is 0 Å². The third-order valence-corrected chi connectivity index (χ3v) is 3.83. The summed E-state index contributed by atoms with van der Waals surface area (Å²) in [4.78, 5) is 0. The van der Waals surface area contributed by atoms with Crippen LogP contribution in [0.3, 0.4) is 0 Å². The van der Waals surface area contributed by atoms with Crippen LogP contribution >= 0.6 is 0 Å². The van der Waals surface area contributed by atoms with Crippen molar-refractivity contribution in [3.05, 3.63) is 0 Å². The van der Waals surface area contributed by atoms with Gasteiger partial charge in [-0.1, -0.05) is 40.5 Å². The van der Waals surface area contributed by atoms with Crippen LogP contribution in [-0.2, 0) is 9.47 Å². The zero-order valence-electron chi connectivity index (χ0n) is 10.8. The largest absolute Gasteiger partial charge is 0.347 e. The second-order valence-corrected chi connectivity index (χ2v) is 4.86. The molecule has 0 N–H and O–H groups in total. The molecule has 0 spiro atoms. The second kappa shape index (κ2) is 5.31. The van der Waals surface area contributed by atoms with Crippen LogP contribution in [0.25, 0.3) is 0 Å². The summed E-state index contributed by atoms with van der Waals surface area (Å²) in [7, 11) is 0. The average Bonchev–Trinajstić information content (AvgIpc) is 2.69. The van der Waals surface area contributed by atoms with Gasteiger partial charge in [0, 0.05) is 11.8 Å². The first-order chi connectivity index (χ1) is 7.14. The van der Waals surface area contributed by atoms with Gasteiger partial charge in [0.1, 0.15) is 0 Å². The molecule has 1 unspecified atom stereocenters. The molecular weight excluding hydrogens is 188 g/mol. The van der Waals surface area contributed by atoms with Crippen LogP contribution in [0.15, 0.2) is 0 Å². The molecule has 1 aliphatic rings. The van der Waals surface area contributed by atoms with Gasteiger partial charge in [0.05, 0.1) is 13.2 Å². The molecule has 1 rings (SSSR count). The number of hydrogen-bond donors (Lipinski definition) is 0. The summed E-state index contributed by atoms with van der Waals surface area (Å²) in [5, 5.41) is 0. The highest BCUT2D eigenvalue weighted by atomic mass is 16.7. The molecule has 0 bridgehead atoms. The topological polar surface area (TPSA) is 18.5 Å². The lowest BCUT2D eigenvalue weighted by atomic mass is 9.73. The molecule has 0 saturated carbocycles. The Hall–Kier alpha value is -0.0800. The van der Waals surface area contributed by atoms with E-state index in [0.717, 1.165) is 32.5 Å². The fourth-order valence-corrected chi connectivity index (χ4v) is 2.77. The predicted molar refractivity (Wildman–Crippen MR) is 62.8 cm³/mol. The van der Waals surface area contributed by atoms with Gasteiger partial charge in [0.2, 0.25) is 0 Å². The summed E-state index contributed by atoms with van der Waals surface area (Å²) in [6, 6.07) is 0. The van der Waals surface area contributed by atoms with Gasteiger partial charge in [-0.25, -0.2) is 0 Å². The highest BCUT2D eigenvalue weighted by Crippen LogP contribution is 2.47. The average molecular weight is 214 g/mol. The van der Waals surface area contributed by atoms with Gasteiger partial charge in [-0.05, 0) is 12.8 Å². The maximum absolute atomic E-state index is 5.97. The van der Waals surface area contributed by atoms with E-state index in [0.29, 0.717) is 0 Å². The van der Waals surface area contributed by atoms with Gasteiger partial charge >= 0.3 is 0 Å². The van der Waals surface area contributed by atoms with Crippen molar-refractivity contribution >= 4 is 0 Å². The highest BCUT2D eigenvalue weighted by Gasteiger charge is 2.50. The van der Waals surface area contributed by atoms with Crippen molar-refractivity contribution in [1.29, 1.82) is 0 Å². The third-order valence-electron chi connectivity index (χ3n) is 3.83. The van der Waals surface area contributed by atoms with Gasteiger partial charge < -0.3 is 9.47 Å². The fraction of sp³-hybridized carbons (Fsp3) is 1.00. The van der Waals surface area contributed by atoms with Gasteiger partial charge in [0.15, 0.2) is 5.79 Å². The summed E-state index contributed by atoms with van der Waals surface area (Å²) in [6.07, 6.45) is 5.66. The van der Waals surface area contributed by atoms with Crippen molar-refractivity contribution in [3.63, 3.8) is 0 Å². The van der Waals surface area contributed by atoms with E-state index in [-0.39, 0.29) is 11.2 Å². The first-order valence-corrected chi connectivity index (χ1v) is 6.42. The Labute approximate surface area is 94.3 Å². The SMILES string of the molecule is CCCC(C)(CC)C1(CCC)OCCO1. The van der Waals surface area contributed by atoms with E-state index in [4.69, 9.17) is 9.47 Å². The van der Waals surface area contributed by atoms with Crippen molar-refractivity contribution < 1.29 is 9.47 Å². The van der Waals surface area contributed by atoms with Crippen molar-refractivity contribution in [2.45, 2.75) is 65.6 Å². The zero-order valence-corrected chi connectivity index (χ0v) is 10.8. The first-order valence-electron chi connectivity index (χ1n) is 6.42. The van der Waals surface area contributed by atoms with Crippen molar-refractivity contribution in [1.82, 2.24) is 0 Å². The van der Waals surface area contributed by atoms with Crippen LogP contribution in [0.2, 0.25) is 0 Å². The minimum atomic E-state index is -0.299. The van der Waals surface area contributed by atoms with E-state index in [1.54, 1.807) is 0 Å². The molecule has 1 fully saturated rings. The van der Waals surface area contributed by atoms with Crippen molar-refractivity contribution in [3.8, 4) is 0 Å². The number of rotatable bonds is 6.